The van der Waals surface area contributed by atoms with E-state index in [4.69, 9.17) is 4.74 Å². The first kappa shape index (κ1) is 26.4. The van der Waals surface area contributed by atoms with E-state index in [9.17, 15) is 9.59 Å². The van der Waals surface area contributed by atoms with E-state index in [1.54, 1.807) is 30.5 Å². The molecule has 0 aliphatic heterocycles. The van der Waals surface area contributed by atoms with Gasteiger partial charge in [-0.3, -0.25) is 14.6 Å². The number of amides is 2. The van der Waals surface area contributed by atoms with Gasteiger partial charge < -0.3 is 19.9 Å². The fourth-order valence-corrected chi connectivity index (χ4v) is 4.22. The highest BCUT2D eigenvalue weighted by atomic mass is 16.5. The number of hydrogen-bond acceptors (Lipinski definition) is 5. The number of rotatable bonds is 10. The van der Waals surface area contributed by atoms with E-state index in [2.05, 4.69) is 10.3 Å². The smallest absolute Gasteiger partial charge is 0.251 e. The molecule has 4 aromatic rings. The zero-order valence-corrected chi connectivity index (χ0v) is 21.9. The summed E-state index contributed by atoms with van der Waals surface area (Å²) in [6.45, 7) is 0.217. The number of hydrogen-bond donors (Lipinski definition) is 1. The third-order valence-electron chi connectivity index (χ3n) is 6.22. The Hall–Kier alpha value is -4.65. The van der Waals surface area contributed by atoms with Crippen LogP contribution in [0.5, 0.6) is 5.75 Å². The fraction of sp³-hybridized carbons (Fsp3) is 0.194. The second kappa shape index (κ2) is 12.5. The number of carbonyl (C=O) groups is 2. The largest absolute Gasteiger partial charge is 0.497 e. The van der Waals surface area contributed by atoms with Crippen molar-refractivity contribution in [2.24, 2.45) is 0 Å². The number of anilines is 2. The van der Waals surface area contributed by atoms with Crippen molar-refractivity contribution < 1.29 is 14.3 Å². The van der Waals surface area contributed by atoms with Crippen molar-refractivity contribution in [2.75, 3.05) is 31.4 Å². The molecule has 2 amide bonds. The SMILES string of the molecule is COc1cccc([C@@H](C(=O)Nc2ccc(N(C)C)cc2)N(Cc2cccnc2)C(=O)Cc2ccccc2)c1. The Labute approximate surface area is 223 Å². The van der Waals surface area contributed by atoms with Gasteiger partial charge in [-0.05, 0) is 59.2 Å². The van der Waals surface area contributed by atoms with Crippen molar-refractivity contribution in [3.63, 3.8) is 0 Å². The van der Waals surface area contributed by atoms with Crippen molar-refractivity contribution in [3.8, 4) is 5.75 Å². The number of benzene rings is 3. The molecule has 3 aromatic carbocycles. The fourth-order valence-electron chi connectivity index (χ4n) is 4.22. The molecule has 7 nitrogen and oxygen atoms in total. The summed E-state index contributed by atoms with van der Waals surface area (Å²) in [7, 11) is 5.50. The van der Waals surface area contributed by atoms with E-state index in [1.807, 2.05) is 104 Å². The third-order valence-corrected chi connectivity index (χ3v) is 6.22. The zero-order chi connectivity index (χ0) is 26.9. The number of nitrogens with one attached hydrogen (secondary N) is 1. The molecule has 0 unspecified atom stereocenters. The normalized spacial score (nSPS) is 11.3. The zero-order valence-electron chi connectivity index (χ0n) is 21.9. The topological polar surface area (TPSA) is 74.8 Å². The van der Waals surface area contributed by atoms with Crippen molar-refractivity contribution in [2.45, 2.75) is 19.0 Å². The van der Waals surface area contributed by atoms with E-state index in [-0.39, 0.29) is 24.8 Å². The van der Waals surface area contributed by atoms with Crippen LogP contribution in [0, 0.1) is 0 Å². The van der Waals surface area contributed by atoms with Crippen molar-refractivity contribution in [1.82, 2.24) is 9.88 Å². The van der Waals surface area contributed by atoms with E-state index in [0.29, 0.717) is 17.0 Å². The van der Waals surface area contributed by atoms with Crippen LogP contribution in [0.3, 0.4) is 0 Å². The van der Waals surface area contributed by atoms with Crippen LogP contribution in [0.4, 0.5) is 11.4 Å². The predicted molar refractivity (Wildman–Crippen MR) is 150 cm³/mol. The van der Waals surface area contributed by atoms with Gasteiger partial charge in [-0.25, -0.2) is 0 Å². The Morgan fingerprint density at radius 2 is 1.63 bits per heavy atom. The lowest BCUT2D eigenvalue weighted by molar-refractivity contribution is -0.139. The molecule has 7 heteroatoms. The molecule has 1 aromatic heterocycles. The first-order valence-corrected chi connectivity index (χ1v) is 12.4. The predicted octanol–water partition coefficient (Wildman–Crippen LogP) is 5.11. The number of pyridine rings is 1. The van der Waals surface area contributed by atoms with Crippen LogP contribution in [0.25, 0.3) is 0 Å². The van der Waals surface area contributed by atoms with E-state index >= 15 is 0 Å². The van der Waals surface area contributed by atoms with E-state index in [1.165, 1.54) is 0 Å². The summed E-state index contributed by atoms with van der Waals surface area (Å²) in [5.41, 5.74) is 4.01. The molecule has 0 fully saturated rings. The van der Waals surface area contributed by atoms with Crippen LogP contribution >= 0.6 is 0 Å². The van der Waals surface area contributed by atoms with Gasteiger partial charge in [-0.1, -0.05) is 48.5 Å². The monoisotopic (exact) mass is 508 g/mol. The lowest BCUT2D eigenvalue weighted by Crippen LogP contribution is -2.41. The molecule has 38 heavy (non-hydrogen) atoms. The molecule has 0 saturated carbocycles. The highest BCUT2D eigenvalue weighted by molar-refractivity contribution is 5.98. The molecular formula is C31H32N4O3. The number of nitrogens with zero attached hydrogens (tertiary/aromatic N) is 3. The number of carbonyl (C=O) groups excluding carboxylic acids is 2. The van der Waals surface area contributed by atoms with E-state index in [0.717, 1.165) is 16.8 Å². The van der Waals surface area contributed by atoms with Gasteiger partial charge in [0.15, 0.2) is 0 Å². The van der Waals surface area contributed by atoms with Gasteiger partial charge in [0, 0.05) is 44.4 Å². The maximum atomic E-state index is 13.9. The first-order valence-electron chi connectivity index (χ1n) is 12.4. The standard InChI is InChI=1S/C31H32N4O3/c1-34(2)27-16-14-26(15-17-27)33-31(37)30(25-12-7-13-28(20-25)38-3)35(22-24-11-8-18-32-21-24)29(36)19-23-9-5-4-6-10-23/h4-18,20-21,30H,19,22H2,1-3H3,(H,33,37)/t30-/m0/s1. The highest BCUT2D eigenvalue weighted by Gasteiger charge is 2.32. The Morgan fingerprint density at radius 1 is 0.895 bits per heavy atom. The Morgan fingerprint density at radius 3 is 2.29 bits per heavy atom. The number of methoxy groups -OCH3 is 1. The average Bonchev–Trinajstić information content (AvgIpc) is 2.94. The number of aromatic nitrogens is 1. The molecule has 1 N–H and O–H groups in total. The lowest BCUT2D eigenvalue weighted by Gasteiger charge is -2.32. The van der Waals surface area contributed by atoms with Crippen LogP contribution < -0.4 is 15.0 Å². The van der Waals surface area contributed by atoms with Gasteiger partial charge in [0.2, 0.25) is 5.91 Å². The Balaban J connectivity index is 1.73. The summed E-state index contributed by atoms with van der Waals surface area (Å²) in [5.74, 6) is 0.111. The quantitative estimate of drug-likeness (QED) is 0.322. The molecular weight excluding hydrogens is 476 g/mol. The van der Waals surface area contributed by atoms with Crippen molar-refractivity contribution in [1.29, 1.82) is 0 Å². The van der Waals surface area contributed by atoms with Crippen LogP contribution in [0.15, 0.2) is 103 Å². The summed E-state index contributed by atoms with van der Waals surface area (Å²) < 4.78 is 5.44. The second-order valence-corrected chi connectivity index (χ2v) is 9.15. The minimum Gasteiger partial charge on any atom is -0.497 e. The maximum absolute atomic E-state index is 13.9. The van der Waals surface area contributed by atoms with Gasteiger partial charge >= 0.3 is 0 Å². The maximum Gasteiger partial charge on any atom is 0.251 e. The molecule has 4 rings (SSSR count). The first-order chi connectivity index (χ1) is 18.4. The molecule has 0 aliphatic rings. The van der Waals surface area contributed by atoms with Gasteiger partial charge in [0.05, 0.1) is 13.5 Å². The van der Waals surface area contributed by atoms with Gasteiger partial charge in [-0.2, -0.15) is 0 Å². The van der Waals surface area contributed by atoms with Crippen LogP contribution in [-0.4, -0.2) is 42.9 Å². The van der Waals surface area contributed by atoms with E-state index < -0.39 is 6.04 Å². The van der Waals surface area contributed by atoms with Crippen LogP contribution in [-0.2, 0) is 22.6 Å². The minimum atomic E-state index is -0.907. The molecule has 0 saturated heterocycles. The summed E-state index contributed by atoms with van der Waals surface area (Å²) >= 11 is 0. The van der Waals surface area contributed by atoms with Crippen LogP contribution in [0.1, 0.15) is 22.7 Å². The second-order valence-electron chi connectivity index (χ2n) is 9.15. The average molecular weight is 509 g/mol. The highest BCUT2D eigenvalue weighted by Crippen LogP contribution is 2.29. The van der Waals surface area contributed by atoms with Gasteiger partial charge in [0.1, 0.15) is 11.8 Å². The van der Waals surface area contributed by atoms with Crippen LogP contribution in [0.2, 0.25) is 0 Å². The minimum absolute atomic E-state index is 0.159. The third kappa shape index (κ3) is 6.76. The molecule has 0 aliphatic carbocycles. The molecule has 1 heterocycles. The molecule has 194 valence electrons. The summed E-state index contributed by atoms with van der Waals surface area (Å²) in [4.78, 5) is 35.6. The van der Waals surface area contributed by atoms with Crippen molar-refractivity contribution >= 4 is 23.2 Å². The Kier molecular flexibility index (Phi) is 8.72. The summed E-state index contributed by atoms with van der Waals surface area (Å²) in [6.07, 6.45) is 3.55. The Bertz CT molecular complexity index is 1340. The van der Waals surface area contributed by atoms with Gasteiger partial charge in [0.25, 0.3) is 5.91 Å². The molecule has 0 radical (unpaired) electrons. The lowest BCUT2D eigenvalue weighted by atomic mass is 10.0. The summed E-state index contributed by atoms with van der Waals surface area (Å²) in [6, 6.07) is 27.2. The summed E-state index contributed by atoms with van der Waals surface area (Å²) in [5, 5.41) is 3.02. The number of ether oxygens (including phenoxy) is 1. The molecule has 1 atom stereocenters. The van der Waals surface area contributed by atoms with Gasteiger partial charge in [-0.15, -0.1) is 0 Å². The van der Waals surface area contributed by atoms with Crippen molar-refractivity contribution in [3.05, 3.63) is 120 Å². The molecule has 0 bridgehead atoms. The molecule has 0 spiro atoms.